The number of hydrogen-bond acceptors (Lipinski definition) is 4. The van der Waals surface area contributed by atoms with Gasteiger partial charge in [-0.15, -0.1) is 0 Å². The molecule has 0 radical (unpaired) electrons. The second-order valence-corrected chi connectivity index (χ2v) is 4.81. The van der Waals surface area contributed by atoms with Crippen LogP contribution in [0, 0.1) is 11.3 Å². The van der Waals surface area contributed by atoms with E-state index >= 15 is 0 Å². The summed E-state index contributed by atoms with van der Waals surface area (Å²) in [5, 5.41) is 11.8. The second kappa shape index (κ2) is 5.25. The first-order valence-electron chi connectivity index (χ1n) is 4.65. The summed E-state index contributed by atoms with van der Waals surface area (Å²) in [4.78, 5) is 8.09. The average Bonchev–Trinajstić information content (AvgIpc) is 2.34. The molecule has 1 N–H and O–H groups in total. The van der Waals surface area contributed by atoms with Gasteiger partial charge >= 0.3 is 0 Å². The molecule has 84 valence electrons. The molecule has 1 aromatic carbocycles. The van der Waals surface area contributed by atoms with Crippen LogP contribution in [0.3, 0.4) is 0 Å². The summed E-state index contributed by atoms with van der Waals surface area (Å²) in [5.74, 6) is 0.386. The van der Waals surface area contributed by atoms with E-state index in [1.165, 1.54) is 0 Å². The molecule has 4 nitrogen and oxygen atoms in total. The summed E-state index contributed by atoms with van der Waals surface area (Å²) in [6.07, 6.45) is 1.54. The topological polar surface area (TPSA) is 61.6 Å². The average molecular weight is 354 g/mol. The first-order valence-corrected chi connectivity index (χ1v) is 6.23. The minimum atomic E-state index is 0.325. The fraction of sp³-hybridized carbons (Fsp3) is 0. The van der Waals surface area contributed by atoms with Crippen molar-refractivity contribution in [3.63, 3.8) is 0 Å². The molecule has 2 aromatic rings. The fourth-order valence-electron chi connectivity index (χ4n) is 1.21. The van der Waals surface area contributed by atoms with Gasteiger partial charge in [0.2, 0.25) is 5.95 Å². The van der Waals surface area contributed by atoms with Crippen molar-refractivity contribution >= 4 is 43.5 Å². The van der Waals surface area contributed by atoms with Gasteiger partial charge in [0.05, 0.1) is 5.69 Å². The minimum Gasteiger partial charge on any atom is -0.322 e. The van der Waals surface area contributed by atoms with Crippen LogP contribution >= 0.6 is 31.9 Å². The highest BCUT2D eigenvalue weighted by Crippen LogP contribution is 2.32. The van der Waals surface area contributed by atoms with E-state index in [4.69, 9.17) is 5.26 Å². The van der Waals surface area contributed by atoms with Crippen molar-refractivity contribution in [1.29, 1.82) is 5.26 Å². The van der Waals surface area contributed by atoms with Gasteiger partial charge < -0.3 is 5.32 Å². The SMILES string of the molecule is N#Cc1ccnc(Nc2c(Br)cccc2Br)n1. The third-order valence-corrected chi connectivity index (χ3v) is 3.29. The highest BCUT2D eigenvalue weighted by atomic mass is 79.9. The lowest BCUT2D eigenvalue weighted by Gasteiger charge is -2.08. The number of para-hydroxylation sites is 1. The minimum absolute atomic E-state index is 0.325. The Morgan fingerprint density at radius 3 is 2.53 bits per heavy atom. The zero-order valence-electron chi connectivity index (χ0n) is 8.48. The first kappa shape index (κ1) is 12.0. The number of nitriles is 1. The summed E-state index contributed by atoms with van der Waals surface area (Å²) in [5.41, 5.74) is 1.15. The summed E-state index contributed by atoms with van der Waals surface area (Å²) in [6, 6.07) is 9.24. The summed E-state index contributed by atoms with van der Waals surface area (Å²) >= 11 is 6.85. The monoisotopic (exact) mass is 352 g/mol. The van der Waals surface area contributed by atoms with E-state index in [0.29, 0.717) is 11.6 Å². The third-order valence-electron chi connectivity index (χ3n) is 1.97. The van der Waals surface area contributed by atoms with Gasteiger partial charge in [0, 0.05) is 15.1 Å². The molecule has 0 saturated carbocycles. The molecule has 1 aromatic heterocycles. The van der Waals surface area contributed by atoms with Crippen molar-refractivity contribution in [3.8, 4) is 6.07 Å². The van der Waals surface area contributed by atoms with Crippen molar-refractivity contribution < 1.29 is 0 Å². The largest absolute Gasteiger partial charge is 0.322 e. The van der Waals surface area contributed by atoms with Gasteiger partial charge in [-0.3, -0.25) is 0 Å². The van der Waals surface area contributed by atoms with Gasteiger partial charge in [-0.2, -0.15) is 5.26 Å². The number of rotatable bonds is 2. The molecule has 1 heterocycles. The third kappa shape index (κ3) is 2.81. The number of hydrogen-bond donors (Lipinski definition) is 1. The molecule has 0 atom stereocenters. The van der Waals surface area contributed by atoms with E-state index < -0.39 is 0 Å². The summed E-state index contributed by atoms with van der Waals surface area (Å²) < 4.78 is 1.77. The Labute approximate surface area is 115 Å². The molecule has 0 aliphatic rings. The van der Waals surface area contributed by atoms with Crippen LogP contribution in [0.2, 0.25) is 0 Å². The lowest BCUT2D eigenvalue weighted by atomic mass is 10.3. The van der Waals surface area contributed by atoms with Gasteiger partial charge in [-0.25, -0.2) is 9.97 Å². The van der Waals surface area contributed by atoms with Gasteiger partial charge in [-0.05, 0) is 50.1 Å². The van der Waals surface area contributed by atoms with Crippen molar-refractivity contribution in [3.05, 3.63) is 45.1 Å². The Morgan fingerprint density at radius 1 is 1.18 bits per heavy atom. The summed E-state index contributed by atoms with van der Waals surface area (Å²) in [6.45, 7) is 0. The van der Waals surface area contributed by atoms with E-state index in [1.54, 1.807) is 12.3 Å². The molecule has 0 spiro atoms. The lowest BCUT2D eigenvalue weighted by Crippen LogP contribution is -1.99. The molecule has 6 heteroatoms. The van der Waals surface area contributed by atoms with Crippen molar-refractivity contribution in [2.75, 3.05) is 5.32 Å². The number of halogens is 2. The molecule has 0 amide bonds. The normalized spacial score (nSPS) is 9.71. The van der Waals surface area contributed by atoms with E-state index in [2.05, 4.69) is 47.1 Å². The van der Waals surface area contributed by atoms with Crippen LogP contribution in [0.1, 0.15) is 5.69 Å². The molecule has 2 rings (SSSR count). The second-order valence-electron chi connectivity index (χ2n) is 3.10. The van der Waals surface area contributed by atoms with E-state index in [0.717, 1.165) is 14.6 Å². The Morgan fingerprint density at radius 2 is 1.88 bits per heavy atom. The van der Waals surface area contributed by atoms with Gasteiger partial charge in [0.1, 0.15) is 11.8 Å². The van der Waals surface area contributed by atoms with Gasteiger partial charge in [0.25, 0.3) is 0 Å². The first-order chi connectivity index (χ1) is 8.20. The predicted octanol–water partition coefficient (Wildman–Crippen LogP) is 3.62. The molecule has 17 heavy (non-hydrogen) atoms. The Kier molecular flexibility index (Phi) is 3.71. The number of aromatic nitrogens is 2. The fourth-order valence-corrected chi connectivity index (χ4v) is 2.41. The smallest absolute Gasteiger partial charge is 0.228 e. The number of nitrogens with one attached hydrogen (secondary N) is 1. The molecule has 0 saturated heterocycles. The number of benzene rings is 1. The van der Waals surface area contributed by atoms with Crippen molar-refractivity contribution in [1.82, 2.24) is 9.97 Å². The lowest BCUT2D eigenvalue weighted by molar-refractivity contribution is 1.14. The van der Waals surface area contributed by atoms with Crippen molar-refractivity contribution in [2.45, 2.75) is 0 Å². The maximum absolute atomic E-state index is 8.75. The quantitative estimate of drug-likeness (QED) is 0.895. The number of anilines is 2. The standard InChI is InChI=1S/C11H6Br2N4/c12-8-2-1-3-9(13)10(8)17-11-15-5-4-7(6-14)16-11/h1-5H,(H,15,16,17). The molecule has 0 unspecified atom stereocenters. The molecular weight excluding hydrogens is 348 g/mol. The molecule has 0 aliphatic carbocycles. The predicted molar refractivity (Wildman–Crippen MR) is 71.9 cm³/mol. The maximum Gasteiger partial charge on any atom is 0.228 e. The van der Waals surface area contributed by atoms with Crippen LogP contribution in [-0.4, -0.2) is 9.97 Å². The Bertz CT molecular complexity index is 572. The maximum atomic E-state index is 8.75. The van der Waals surface area contributed by atoms with E-state index in [9.17, 15) is 0 Å². The van der Waals surface area contributed by atoms with Crippen LogP contribution in [0.15, 0.2) is 39.4 Å². The van der Waals surface area contributed by atoms with Crippen LogP contribution in [0.4, 0.5) is 11.6 Å². The Balaban J connectivity index is 2.35. The van der Waals surface area contributed by atoms with Crippen LogP contribution in [-0.2, 0) is 0 Å². The highest BCUT2D eigenvalue weighted by molar-refractivity contribution is 9.11. The molecule has 0 fully saturated rings. The zero-order valence-corrected chi connectivity index (χ0v) is 11.7. The van der Waals surface area contributed by atoms with Crippen LogP contribution in [0.25, 0.3) is 0 Å². The van der Waals surface area contributed by atoms with Gasteiger partial charge in [-0.1, -0.05) is 6.07 Å². The Hall–Kier alpha value is -1.45. The zero-order chi connectivity index (χ0) is 12.3. The van der Waals surface area contributed by atoms with E-state index in [-0.39, 0.29) is 0 Å². The highest BCUT2D eigenvalue weighted by Gasteiger charge is 2.06. The van der Waals surface area contributed by atoms with E-state index in [1.807, 2.05) is 24.3 Å². The van der Waals surface area contributed by atoms with Gasteiger partial charge in [0.15, 0.2) is 0 Å². The molecule has 0 aliphatic heterocycles. The van der Waals surface area contributed by atoms with Crippen LogP contribution < -0.4 is 5.32 Å². The molecule has 0 bridgehead atoms. The molecular formula is C11H6Br2N4. The summed E-state index contributed by atoms with van der Waals surface area (Å²) in [7, 11) is 0. The van der Waals surface area contributed by atoms with Crippen LogP contribution in [0.5, 0.6) is 0 Å². The van der Waals surface area contributed by atoms with Crippen molar-refractivity contribution in [2.24, 2.45) is 0 Å². The number of nitrogens with zero attached hydrogens (tertiary/aromatic N) is 3.